The van der Waals surface area contributed by atoms with E-state index in [1.807, 2.05) is 0 Å². The number of aromatic nitrogens is 4. The normalized spacial score (nSPS) is 14.1. The van der Waals surface area contributed by atoms with Gasteiger partial charge < -0.3 is 10.1 Å². The van der Waals surface area contributed by atoms with Gasteiger partial charge in [-0.25, -0.2) is 9.61 Å². The van der Waals surface area contributed by atoms with Crippen molar-refractivity contribution >= 4 is 21.6 Å². The van der Waals surface area contributed by atoms with Crippen LogP contribution in [0.2, 0.25) is 0 Å². The number of fused-ring (bicyclic) bond motifs is 3. The molecular formula is C14H15N5O3S. The van der Waals surface area contributed by atoms with Gasteiger partial charge in [-0.1, -0.05) is 5.16 Å². The van der Waals surface area contributed by atoms with Crippen LogP contribution >= 0.6 is 11.3 Å². The fourth-order valence-corrected chi connectivity index (χ4v) is 3.85. The minimum absolute atomic E-state index is 0.00648. The minimum atomic E-state index is -0.00648. The van der Waals surface area contributed by atoms with E-state index < -0.39 is 0 Å². The number of nitrogens with zero attached hydrogens (tertiary/aromatic N) is 4. The van der Waals surface area contributed by atoms with Gasteiger partial charge in [0.25, 0.3) is 11.4 Å². The molecule has 0 aliphatic carbocycles. The highest BCUT2D eigenvalue weighted by Gasteiger charge is 2.19. The molecule has 4 heterocycles. The van der Waals surface area contributed by atoms with Crippen LogP contribution in [-0.4, -0.2) is 33.0 Å². The predicted molar refractivity (Wildman–Crippen MR) is 83.8 cm³/mol. The number of hydrogen-bond donors (Lipinski definition) is 1. The molecule has 3 aromatic rings. The first-order valence-electron chi connectivity index (χ1n) is 7.36. The van der Waals surface area contributed by atoms with E-state index in [1.165, 1.54) is 4.88 Å². The molecule has 1 aliphatic heterocycles. The monoisotopic (exact) mass is 333 g/mol. The van der Waals surface area contributed by atoms with Crippen LogP contribution in [0.5, 0.6) is 5.88 Å². The molecule has 8 nitrogen and oxygen atoms in total. The van der Waals surface area contributed by atoms with Crippen molar-refractivity contribution in [2.45, 2.75) is 26.4 Å². The van der Waals surface area contributed by atoms with Crippen LogP contribution in [0, 0.1) is 6.92 Å². The maximum absolute atomic E-state index is 12.7. The molecule has 0 atom stereocenters. The Morgan fingerprint density at radius 1 is 1.48 bits per heavy atom. The first kappa shape index (κ1) is 14.3. The topological polar surface area (TPSA) is 95.1 Å². The second-order valence-electron chi connectivity index (χ2n) is 5.36. The molecule has 0 aromatic carbocycles. The van der Waals surface area contributed by atoms with E-state index in [-0.39, 0.29) is 5.56 Å². The van der Waals surface area contributed by atoms with Gasteiger partial charge in [0, 0.05) is 11.4 Å². The lowest BCUT2D eigenvalue weighted by Gasteiger charge is -2.12. The number of rotatable bonds is 4. The van der Waals surface area contributed by atoms with Crippen LogP contribution in [0.15, 0.2) is 15.8 Å². The summed E-state index contributed by atoms with van der Waals surface area (Å²) in [5, 5.41) is 11.4. The Balaban J connectivity index is 1.59. The maximum Gasteiger partial charge on any atom is 0.278 e. The zero-order chi connectivity index (χ0) is 15.8. The third kappa shape index (κ3) is 2.51. The van der Waals surface area contributed by atoms with Gasteiger partial charge in [0.15, 0.2) is 0 Å². The third-order valence-electron chi connectivity index (χ3n) is 3.88. The first-order chi connectivity index (χ1) is 11.2. The van der Waals surface area contributed by atoms with Crippen molar-refractivity contribution in [2.75, 3.05) is 13.2 Å². The summed E-state index contributed by atoms with van der Waals surface area (Å²) in [5.74, 6) is 0.353. The van der Waals surface area contributed by atoms with Crippen LogP contribution in [0.4, 0.5) is 0 Å². The second-order valence-corrected chi connectivity index (χ2v) is 6.44. The average molecular weight is 333 g/mol. The number of aryl methyl sites for hydroxylation is 1. The summed E-state index contributed by atoms with van der Waals surface area (Å²) in [6.45, 7) is 4.16. The molecule has 0 saturated carbocycles. The fourth-order valence-electron chi connectivity index (χ4n) is 2.70. The number of thiophene rings is 1. The van der Waals surface area contributed by atoms with Gasteiger partial charge >= 0.3 is 0 Å². The molecule has 0 bridgehead atoms. The van der Waals surface area contributed by atoms with Gasteiger partial charge in [-0.05, 0) is 30.6 Å². The van der Waals surface area contributed by atoms with Crippen LogP contribution in [0.25, 0.3) is 10.2 Å². The van der Waals surface area contributed by atoms with Crippen molar-refractivity contribution < 1.29 is 9.37 Å². The Hall–Kier alpha value is -2.26. The molecular weight excluding hydrogens is 318 g/mol. The smallest absolute Gasteiger partial charge is 0.278 e. The largest absolute Gasteiger partial charge is 0.472 e. The zero-order valence-corrected chi connectivity index (χ0v) is 13.4. The van der Waals surface area contributed by atoms with Gasteiger partial charge in [0.2, 0.25) is 0 Å². The van der Waals surface area contributed by atoms with Crippen LogP contribution < -0.4 is 15.6 Å². The summed E-state index contributed by atoms with van der Waals surface area (Å²) in [6, 6.07) is 0. The van der Waals surface area contributed by atoms with E-state index in [9.17, 15) is 4.79 Å². The van der Waals surface area contributed by atoms with Crippen molar-refractivity contribution in [3.8, 4) is 5.88 Å². The van der Waals surface area contributed by atoms with E-state index in [1.54, 1.807) is 29.2 Å². The fraction of sp³-hybridized carbons (Fsp3) is 0.429. The Morgan fingerprint density at radius 2 is 2.39 bits per heavy atom. The molecule has 1 aliphatic rings. The zero-order valence-electron chi connectivity index (χ0n) is 12.5. The molecule has 120 valence electrons. The lowest BCUT2D eigenvalue weighted by molar-refractivity contribution is 0.246. The standard InChI is InChI=1S/C14H15N5O3S/c1-8-12(18-22-17-8)21-5-4-19-7-16-13-11(14(19)20)9-2-3-15-6-10(9)23-13/h7,15H,2-6H2,1H3. The van der Waals surface area contributed by atoms with Crippen molar-refractivity contribution in [3.63, 3.8) is 0 Å². The SMILES string of the molecule is Cc1nonc1OCCn1cnc2sc3c(c2c1=O)CCNC3. The molecule has 23 heavy (non-hydrogen) atoms. The number of hydrogen-bond acceptors (Lipinski definition) is 8. The number of nitrogens with one attached hydrogen (secondary N) is 1. The molecule has 0 amide bonds. The molecule has 3 aromatic heterocycles. The summed E-state index contributed by atoms with van der Waals surface area (Å²) < 4.78 is 11.6. The van der Waals surface area contributed by atoms with Gasteiger partial charge in [0.05, 0.1) is 18.3 Å². The highest BCUT2D eigenvalue weighted by atomic mass is 32.1. The maximum atomic E-state index is 12.7. The van der Waals surface area contributed by atoms with Gasteiger partial charge in [-0.3, -0.25) is 9.36 Å². The summed E-state index contributed by atoms with van der Waals surface area (Å²) in [6.07, 6.45) is 2.45. The summed E-state index contributed by atoms with van der Waals surface area (Å²) in [7, 11) is 0. The third-order valence-corrected chi connectivity index (χ3v) is 5.02. The lowest BCUT2D eigenvalue weighted by Crippen LogP contribution is -2.26. The second kappa shape index (κ2) is 5.74. The number of ether oxygens (including phenoxy) is 1. The molecule has 1 N–H and O–H groups in total. The Labute approximate surface area is 135 Å². The average Bonchev–Trinajstić information content (AvgIpc) is 3.13. The van der Waals surface area contributed by atoms with Crippen LogP contribution in [0.1, 0.15) is 16.1 Å². The van der Waals surface area contributed by atoms with Gasteiger partial charge in [-0.2, -0.15) is 0 Å². The van der Waals surface area contributed by atoms with Crippen molar-refractivity contribution in [1.82, 2.24) is 25.2 Å². The Kier molecular flexibility index (Phi) is 3.58. The van der Waals surface area contributed by atoms with E-state index in [2.05, 4.69) is 25.2 Å². The molecule has 0 fully saturated rings. The molecule has 9 heteroatoms. The Morgan fingerprint density at radius 3 is 3.22 bits per heavy atom. The molecule has 4 rings (SSSR count). The first-order valence-corrected chi connectivity index (χ1v) is 8.18. The Bertz CT molecular complexity index is 913. The predicted octanol–water partition coefficient (Wildman–Crippen LogP) is 0.874. The van der Waals surface area contributed by atoms with E-state index in [0.717, 1.165) is 35.3 Å². The summed E-state index contributed by atoms with van der Waals surface area (Å²) >= 11 is 1.60. The molecule has 0 spiro atoms. The highest BCUT2D eigenvalue weighted by Crippen LogP contribution is 2.29. The minimum Gasteiger partial charge on any atom is -0.472 e. The van der Waals surface area contributed by atoms with Crippen molar-refractivity contribution in [1.29, 1.82) is 0 Å². The van der Waals surface area contributed by atoms with Gasteiger partial charge in [-0.15, -0.1) is 11.3 Å². The van der Waals surface area contributed by atoms with Crippen molar-refractivity contribution in [3.05, 3.63) is 32.8 Å². The van der Waals surface area contributed by atoms with Crippen LogP contribution in [0.3, 0.4) is 0 Å². The molecule has 0 radical (unpaired) electrons. The highest BCUT2D eigenvalue weighted by molar-refractivity contribution is 7.18. The lowest BCUT2D eigenvalue weighted by atomic mass is 10.1. The molecule has 0 saturated heterocycles. The van der Waals surface area contributed by atoms with Crippen LogP contribution in [-0.2, 0) is 19.5 Å². The van der Waals surface area contributed by atoms with Gasteiger partial charge in [0.1, 0.15) is 17.1 Å². The molecule has 0 unspecified atom stereocenters. The summed E-state index contributed by atoms with van der Waals surface area (Å²) in [5.41, 5.74) is 1.73. The summed E-state index contributed by atoms with van der Waals surface area (Å²) in [4.78, 5) is 19.2. The van der Waals surface area contributed by atoms with E-state index in [0.29, 0.717) is 24.7 Å². The quantitative estimate of drug-likeness (QED) is 0.757. The van der Waals surface area contributed by atoms with E-state index in [4.69, 9.17) is 4.74 Å². The van der Waals surface area contributed by atoms with Crippen molar-refractivity contribution in [2.24, 2.45) is 0 Å². The van der Waals surface area contributed by atoms with E-state index >= 15 is 0 Å².